The summed E-state index contributed by atoms with van der Waals surface area (Å²) in [5.74, 6) is 0.525. The summed E-state index contributed by atoms with van der Waals surface area (Å²) in [7, 11) is 0. The Kier molecular flexibility index (Phi) is 5.14. The second-order valence-electron chi connectivity index (χ2n) is 5.83. The quantitative estimate of drug-likeness (QED) is 0.872. The van der Waals surface area contributed by atoms with E-state index in [1.165, 1.54) is 0 Å². The lowest BCUT2D eigenvalue weighted by atomic mass is 10.1. The first kappa shape index (κ1) is 16.8. The largest absolute Gasteiger partial charge is 0.488 e. The highest BCUT2D eigenvalue weighted by molar-refractivity contribution is 6.07. The maximum atomic E-state index is 12.5. The van der Waals surface area contributed by atoms with Crippen molar-refractivity contribution >= 4 is 29.3 Å². The van der Waals surface area contributed by atoms with Gasteiger partial charge in [0.15, 0.2) is 0 Å². The molecule has 1 aliphatic rings. The van der Waals surface area contributed by atoms with Gasteiger partial charge in [0.25, 0.3) is 5.91 Å². The highest BCUT2D eigenvalue weighted by Gasteiger charge is 2.17. The van der Waals surface area contributed by atoms with Gasteiger partial charge in [0, 0.05) is 23.4 Å². The molecule has 0 aliphatic carbocycles. The first-order valence-corrected chi connectivity index (χ1v) is 8.29. The van der Waals surface area contributed by atoms with Gasteiger partial charge in [-0.2, -0.15) is 0 Å². The lowest BCUT2D eigenvalue weighted by Gasteiger charge is -2.17. The zero-order chi connectivity index (χ0) is 17.6. The number of benzene rings is 2. The maximum absolute atomic E-state index is 12.5. The van der Waals surface area contributed by atoms with Gasteiger partial charge in [0.05, 0.1) is 5.57 Å². The summed E-state index contributed by atoms with van der Waals surface area (Å²) in [4.78, 5) is 24.2. The smallest absolute Gasteiger partial charge is 0.255 e. The molecule has 0 saturated carbocycles. The summed E-state index contributed by atoms with van der Waals surface area (Å²) in [5, 5.41) is 5.67. The van der Waals surface area contributed by atoms with Crippen molar-refractivity contribution in [2.24, 2.45) is 0 Å². The van der Waals surface area contributed by atoms with E-state index in [0.717, 1.165) is 17.7 Å². The molecule has 1 heterocycles. The van der Waals surface area contributed by atoms with Crippen molar-refractivity contribution in [3.63, 3.8) is 0 Å². The van der Waals surface area contributed by atoms with Crippen LogP contribution < -0.4 is 15.4 Å². The van der Waals surface area contributed by atoms with E-state index in [-0.39, 0.29) is 18.4 Å². The van der Waals surface area contributed by atoms with E-state index in [1.807, 2.05) is 37.3 Å². The average Bonchev–Trinajstić information content (AvgIpc) is 2.61. The SMILES string of the molecule is CCCC(=O)Nc1cccc(NC(=O)C2=Cc3ccccc3OC2)c1. The number of carbonyl (C=O) groups excluding carboxylic acids is 2. The van der Waals surface area contributed by atoms with Crippen molar-refractivity contribution in [3.8, 4) is 5.75 Å². The van der Waals surface area contributed by atoms with Gasteiger partial charge >= 0.3 is 0 Å². The Hall–Kier alpha value is -3.08. The van der Waals surface area contributed by atoms with Crippen LogP contribution in [0.1, 0.15) is 25.3 Å². The molecule has 2 aromatic carbocycles. The fraction of sp³-hybridized carbons (Fsp3) is 0.200. The topological polar surface area (TPSA) is 67.4 Å². The van der Waals surface area contributed by atoms with Crippen LogP contribution in [0, 0.1) is 0 Å². The first-order valence-electron chi connectivity index (χ1n) is 8.29. The Morgan fingerprint density at radius 1 is 1.04 bits per heavy atom. The van der Waals surface area contributed by atoms with Crippen molar-refractivity contribution in [2.75, 3.05) is 17.2 Å². The number of hydrogen-bond acceptors (Lipinski definition) is 3. The standard InChI is InChI=1S/C20H20N2O3/c1-2-6-19(23)21-16-8-5-9-17(12-16)22-20(24)15-11-14-7-3-4-10-18(14)25-13-15/h3-5,7-12H,2,6,13H2,1H3,(H,21,23)(H,22,24). The van der Waals surface area contributed by atoms with Gasteiger partial charge in [-0.3, -0.25) is 9.59 Å². The van der Waals surface area contributed by atoms with Crippen LogP contribution in [-0.4, -0.2) is 18.4 Å². The molecule has 128 valence electrons. The zero-order valence-electron chi connectivity index (χ0n) is 14.0. The third-order valence-electron chi connectivity index (χ3n) is 3.80. The molecule has 0 bridgehead atoms. The molecule has 0 radical (unpaired) electrons. The molecule has 25 heavy (non-hydrogen) atoms. The molecule has 3 rings (SSSR count). The summed E-state index contributed by atoms with van der Waals surface area (Å²) >= 11 is 0. The van der Waals surface area contributed by atoms with Crippen LogP contribution in [0.3, 0.4) is 0 Å². The Morgan fingerprint density at radius 2 is 1.80 bits per heavy atom. The van der Waals surface area contributed by atoms with Crippen LogP contribution in [0.25, 0.3) is 6.08 Å². The third-order valence-corrected chi connectivity index (χ3v) is 3.80. The lowest BCUT2D eigenvalue weighted by molar-refractivity contribution is -0.116. The van der Waals surface area contributed by atoms with Crippen LogP contribution in [0.15, 0.2) is 54.1 Å². The van der Waals surface area contributed by atoms with E-state index < -0.39 is 0 Å². The van der Waals surface area contributed by atoms with E-state index in [0.29, 0.717) is 23.4 Å². The fourth-order valence-electron chi connectivity index (χ4n) is 2.58. The predicted octanol–water partition coefficient (Wildman–Crippen LogP) is 3.84. The maximum Gasteiger partial charge on any atom is 0.255 e. The summed E-state index contributed by atoms with van der Waals surface area (Å²) in [5.41, 5.74) is 2.73. The van der Waals surface area contributed by atoms with Crippen molar-refractivity contribution in [2.45, 2.75) is 19.8 Å². The second-order valence-corrected chi connectivity index (χ2v) is 5.83. The van der Waals surface area contributed by atoms with Crippen molar-refractivity contribution in [1.82, 2.24) is 0 Å². The van der Waals surface area contributed by atoms with Crippen LogP contribution in [0.5, 0.6) is 5.75 Å². The predicted molar refractivity (Wildman–Crippen MR) is 98.5 cm³/mol. The summed E-state index contributed by atoms with van der Waals surface area (Å²) in [6.07, 6.45) is 3.10. The number of anilines is 2. The number of fused-ring (bicyclic) bond motifs is 1. The Balaban J connectivity index is 1.69. The van der Waals surface area contributed by atoms with Gasteiger partial charge in [-0.25, -0.2) is 0 Å². The van der Waals surface area contributed by atoms with Crippen LogP contribution in [0.4, 0.5) is 11.4 Å². The average molecular weight is 336 g/mol. The minimum absolute atomic E-state index is 0.0361. The first-order chi connectivity index (χ1) is 12.2. The summed E-state index contributed by atoms with van der Waals surface area (Å²) < 4.78 is 5.61. The van der Waals surface area contributed by atoms with Crippen molar-refractivity contribution in [3.05, 3.63) is 59.7 Å². The number of ether oxygens (including phenoxy) is 1. The van der Waals surface area contributed by atoms with E-state index >= 15 is 0 Å². The highest BCUT2D eigenvalue weighted by Crippen LogP contribution is 2.26. The Morgan fingerprint density at radius 3 is 2.60 bits per heavy atom. The summed E-state index contributed by atoms with van der Waals surface area (Å²) in [6, 6.07) is 14.7. The van der Waals surface area contributed by atoms with Crippen LogP contribution in [-0.2, 0) is 9.59 Å². The highest BCUT2D eigenvalue weighted by atomic mass is 16.5. The van der Waals surface area contributed by atoms with Gasteiger partial charge < -0.3 is 15.4 Å². The van der Waals surface area contributed by atoms with Gasteiger partial charge in [0.2, 0.25) is 5.91 Å². The molecule has 5 nitrogen and oxygen atoms in total. The molecule has 5 heteroatoms. The molecular weight excluding hydrogens is 316 g/mol. The number of para-hydroxylation sites is 1. The summed E-state index contributed by atoms with van der Waals surface area (Å²) in [6.45, 7) is 2.18. The Bertz CT molecular complexity index is 827. The molecule has 0 fully saturated rings. The van der Waals surface area contributed by atoms with Gasteiger partial charge in [0.1, 0.15) is 12.4 Å². The van der Waals surface area contributed by atoms with Gasteiger partial charge in [-0.05, 0) is 36.8 Å². The van der Waals surface area contributed by atoms with Crippen molar-refractivity contribution in [1.29, 1.82) is 0 Å². The minimum Gasteiger partial charge on any atom is -0.488 e. The molecular formula is C20H20N2O3. The number of nitrogens with one attached hydrogen (secondary N) is 2. The molecule has 0 unspecified atom stereocenters. The lowest BCUT2D eigenvalue weighted by Crippen LogP contribution is -2.21. The third kappa shape index (κ3) is 4.26. The van der Waals surface area contributed by atoms with Gasteiger partial charge in [-0.1, -0.05) is 31.2 Å². The van der Waals surface area contributed by atoms with Gasteiger partial charge in [-0.15, -0.1) is 0 Å². The van der Waals surface area contributed by atoms with Crippen molar-refractivity contribution < 1.29 is 14.3 Å². The molecule has 0 spiro atoms. The second kappa shape index (κ2) is 7.66. The molecule has 1 aliphatic heterocycles. The minimum atomic E-state index is -0.216. The molecule has 0 atom stereocenters. The zero-order valence-corrected chi connectivity index (χ0v) is 14.0. The van der Waals surface area contributed by atoms with E-state index in [9.17, 15) is 9.59 Å². The molecule has 2 amide bonds. The fourth-order valence-corrected chi connectivity index (χ4v) is 2.58. The number of carbonyl (C=O) groups is 2. The number of rotatable bonds is 5. The molecule has 2 N–H and O–H groups in total. The number of amides is 2. The molecule has 0 saturated heterocycles. The normalized spacial score (nSPS) is 12.4. The molecule has 2 aromatic rings. The van der Waals surface area contributed by atoms with E-state index in [1.54, 1.807) is 24.3 Å². The van der Waals surface area contributed by atoms with Crippen LogP contribution >= 0.6 is 0 Å². The van der Waals surface area contributed by atoms with Crippen LogP contribution in [0.2, 0.25) is 0 Å². The monoisotopic (exact) mass is 336 g/mol. The molecule has 0 aromatic heterocycles. The Labute approximate surface area is 146 Å². The number of hydrogen-bond donors (Lipinski definition) is 2. The van der Waals surface area contributed by atoms with E-state index in [4.69, 9.17) is 4.74 Å². The van der Waals surface area contributed by atoms with E-state index in [2.05, 4.69) is 10.6 Å².